The fourth-order valence-corrected chi connectivity index (χ4v) is 2.55. The van der Waals surface area contributed by atoms with E-state index in [1.807, 2.05) is 24.3 Å². The van der Waals surface area contributed by atoms with Crippen LogP contribution in [0.4, 0.5) is 0 Å². The first-order valence-electron chi connectivity index (χ1n) is 7.39. The summed E-state index contributed by atoms with van der Waals surface area (Å²) in [7, 11) is 1.59. The van der Waals surface area contributed by atoms with Crippen LogP contribution in [0.5, 0.6) is 5.75 Å². The van der Waals surface area contributed by atoms with Gasteiger partial charge in [0.2, 0.25) is 5.89 Å². The predicted molar refractivity (Wildman–Crippen MR) is 96.1 cm³/mol. The van der Waals surface area contributed by atoms with E-state index < -0.39 is 0 Å². The van der Waals surface area contributed by atoms with Gasteiger partial charge < -0.3 is 14.5 Å². The van der Waals surface area contributed by atoms with Gasteiger partial charge in [-0.1, -0.05) is 41.4 Å². The van der Waals surface area contributed by atoms with Gasteiger partial charge in [0.1, 0.15) is 12.0 Å². The summed E-state index contributed by atoms with van der Waals surface area (Å²) in [6, 6.07) is 12.4. The van der Waals surface area contributed by atoms with Gasteiger partial charge in [0.05, 0.1) is 17.2 Å². The molecule has 0 saturated heterocycles. The standard InChI is InChI=1S/C18H14Cl2N2O3/c1-24-16-5-3-2-4-12(16)9-21-17(23)15-10-25-18(22-15)11-6-7-13(19)14(20)8-11/h2-8,10H,9H2,1H3,(H,21,23). The van der Waals surface area contributed by atoms with Crippen LogP contribution in [-0.4, -0.2) is 18.0 Å². The zero-order chi connectivity index (χ0) is 17.8. The van der Waals surface area contributed by atoms with Gasteiger partial charge in [-0.15, -0.1) is 0 Å². The second-order valence-electron chi connectivity index (χ2n) is 5.16. The SMILES string of the molecule is COc1ccccc1CNC(=O)c1coc(-c2ccc(Cl)c(Cl)c2)n1. The van der Waals surface area contributed by atoms with Crippen LogP contribution < -0.4 is 10.1 Å². The topological polar surface area (TPSA) is 64.4 Å². The minimum absolute atomic E-state index is 0.177. The Morgan fingerprint density at radius 3 is 2.76 bits per heavy atom. The van der Waals surface area contributed by atoms with Crippen molar-refractivity contribution in [1.82, 2.24) is 10.3 Å². The molecule has 1 aromatic heterocycles. The van der Waals surface area contributed by atoms with Gasteiger partial charge in [0.25, 0.3) is 5.91 Å². The van der Waals surface area contributed by atoms with E-state index in [0.717, 1.165) is 5.56 Å². The lowest BCUT2D eigenvalue weighted by molar-refractivity contribution is 0.0945. The van der Waals surface area contributed by atoms with E-state index in [-0.39, 0.29) is 11.6 Å². The molecule has 0 aliphatic rings. The third-order valence-corrected chi connectivity index (χ3v) is 4.27. The molecule has 0 aliphatic carbocycles. The number of halogens is 2. The highest BCUT2D eigenvalue weighted by Crippen LogP contribution is 2.28. The van der Waals surface area contributed by atoms with Gasteiger partial charge in [-0.05, 0) is 24.3 Å². The van der Waals surface area contributed by atoms with Crippen LogP contribution in [-0.2, 0) is 6.54 Å². The highest BCUT2D eigenvalue weighted by molar-refractivity contribution is 6.42. The van der Waals surface area contributed by atoms with Crippen molar-refractivity contribution in [3.8, 4) is 17.2 Å². The molecule has 1 heterocycles. The summed E-state index contributed by atoms with van der Waals surface area (Å²) in [5, 5.41) is 3.61. The fourth-order valence-electron chi connectivity index (χ4n) is 2.25. The number of para-hydroxylation sites is 1. The minimum atomic E-state index is -0.346. The van der Waals surface area contributed by atoms with E-state index in [4.69, 9.17) is 32.4 Å². The number of nitrogens with zero attached hydrogens (tertiary/aromatic N) is 1. The van der Waals surface area contributed by atoms with Gasteiger partial charge in [-0.25, -0.2) is 4.98 Å². The summed E-state index contributed by atoms with van der Waals surface area (Å²) < 4.78 is 10.6. The molecule has 0 atom stereocenters. The maximum absolute atomic E-state index is 12.3. The van der Waals surface area contributed by atoms with Crippen molar-refractivity contribution in [2.75, 3.05) is 7.11 Å². The van der Waals surface area contributed by atoms with Crippen LogP contribution >= 0.6 is 23.2 Å². The number of hydrogen-bond donors (Lipinski definition) is 1. The fraction of sp³-hybridized carbons (Fsp3) is 0.111. The number of oxazole rings is 1. The van der Waals surface area contributed by atoms with Gasteiger partial charge in [-0.2, -0.15) is 0 Å². The molecule has 3 rings (SSSR count). The molecular weight excluding hydrogens is 363 g/mol. The molecule has 0 radical (unpaired) electrons. The number of hydrogen-bond acceptors (Lipinski definition) is 4. The van der Waals surface area contributed by atoms with Crippen LogP contribution in [0.25, 0.3) is 11.5 Å². The highest BCUT2D eigenvalue weighted by Gasteiger charge is 2.14. The smallest absolute Gasteiger partial charge is 0.273 e. The van der Waals surface area contributed by atoms with Crippen molar-refractivity contribution in [2.45, 2.75) is 6.54 Å². The number of aromatic nitrogens is 1. The Balaban J connectivity index is 1.71. The maximum Gasteiger partial charge on any atom is 0.273 e. The average Bonchev–Trinajstić information content (AvgIpc) is 3.12. The molecule has 25 heavy (non-hydrogen) atoms. The molecule has 2 aromatic carbocycles. The number of rotatable bonds is 5. The Morgan fingerprint density at radius 1 is 1.20 bits per heavy atom. The molecule has 0 fully saturated rings. The maximum atomic E-state index is 12.3. The molecule has 1 amide bonds. The van der Waals surface area contributed by atoms with Crippen molar-refractivity contribution in [2.24, 2.45) is 0 Å². The quantitative estimate of drug-likeness (QED) is 0.707. The van der Waals surface area contributed by atoms with E-state index in [1.165, 1.54) is 6.26 Å². The Kier molecular flexibility index (Phi) is 5.26. The van der Waals surface area contributed by atoms with E-state index in [2.05, 4.69) is 10.3 Å². The number of ether oxygens (including phenoxy) is 1. The normalized spacial score (nSPS) is 10.5. The van der Waals surface area contributed by atoms with Crippen LogP contribution in [0, 0.1) is 0 Å². The Hall–Kier alpha value is -2.50. The lowest BCUT2D eigenvalue weighted by atomic mass is 10.2. The van der Waals surface area contributed by atoms with Gasteiger partial charge in [-0.3, -0.25) is 4.79 Å². The minimum Gasteiger partial charge on any atom is -0.496 e. The first-order chi connectivity index (χ1) is 12.1. The summed E-state index contributed by atoms with van der Waals surface area (Å²) >= 11 is 11.9. The Labute approximate surface area is 154 Å². The van der Waals surface area contributed by atoms with Gasteiger partial charge >= 0.3 is 0 Å². The summed E-state index contributed by atoms with van der Waals surface area (Å²) in [4.78, 5) is 16.5. The third-order valence-electron chi connectivity index (χ3n) is 3.54. The van der Waals surface area contributed by atoms with E-state index >= 15 is 0 Å². The second-order valence-corrected chi connectivity index (χ2v) is 5.98. The Bertz CT molecular complexity index is 909. The van der Waals surface area contributed by atoms with E-state index in [1.54, 1.807) is 25.3 Å². The number of benzene rings is 2. The zero-order valence-corrected chi connectivity index (χ0v) is 14.8. The first-order valence-corrected chi connectivity index (χ1v) is 8.15. The number of carbonyl (C=O) groups excluding carboxylic acids is 1. The van der Waals surface area contributed by atoms with Crippen molar-refractivity contribution in [1.29, 1.82) is 0 Å². The van der Waals surface area contributed by atoms with Crippen LogP contribution in [0.2, 0.25) is 10.0 Å². The lowest BCUT2D eigenvalue weighted by Crippen LogP contribution is -2.23. The third kappa shape index (κ3) is 3.95. The van der Waals surface area contributed by atoms with Crippen molar-refractivity contribution >= 4 is 29.1 Å². The van der Waals surface area contributed by atoms with Crippen LogP contribution in [0.15, 0.2) is 53.1 Å². The molecule has 3 aromatic rings. The van der Waals surface area contributed by atoms with Gasteiger partial charge in [0.15, 0.2) is 5.69 Å². The molecule has 1 N–H and O–H groups in total. The number of nitrogens with one attached hydrogen (secondary N) is 1. The molecule has 0 unspecified atom stereocenters. The number of carbonyl (C=O) groups is 1. The van der Waals surface area contributed by atoms with E-state index in [0.29, 0.717) is 33.8 Å². The summed E-state index contributed by atoms with van der Waals surface area (Å²) in [6.45, 7) is 0.317. The summed E-state index contributed by atoms with van der Waals surface area (Å²) in [5.74, 6) is 0.654. The molecule has 0 aliphatic heterocycles. The summed E-state index contributed by atoms with van der Waals surface area (Å²) in [5.41, 5.74) is 1.68. The lowest BCUT2D eigenvalue weighted by Gasteiger charge is -2.08. The zero-order valence-electron chi connectivity index (χ0n) is 13.3. The number of amides is 1. The van der Waals surface area contributed by atoms with Crippen LogP contribution in [0.1, 0.15) is 16.1 Å². The monoisotopic (exact) mass is 376 g/mol. The van der Waals surface area contributed by atoms with Crippen LogP contribution in [0.3, 0.4) is 0 Å². The van der Waals surface area contributed by atoms with Crippen molar-refractivity contribution in [3.63, 3.8) is 0 Å². The first kappa shape index (κ1) is 17.3. The Morgan fingerprint density at radius 2 is 2.00 bits per heavy atom. The average molecular weight is 377 g/mol. The highest BCUT2D eigenvalue weighted by atomic mass is 35.5. The predicted octanol–water partition coefficient (Wildman–Crippen LogP) is 4.59. The molecular formula is C18H14Cl2N2O3. The molecule has 0 bridgehead atoms. The molecule has 5 nitrogen and oxygen atoms in total. The van der Waals surface area contributed by atoms with Crippen molar-refractivity contribution < 1.29 is 13.9 Å². The largest absolute Gasteiger partial charge is 0.496 e. The molecule has 128 valence electrons. The molecule has 0 saturated carbocycles. The van der Waals surface area contributed by atoms with E-state index in [9.17, 15) is 4.79 Å². The van der Waals surface area contributed by atoms with Crippen molar-refractivity contribution in [3.05, 3.63) is 70.0 Å². The second kappa shape index (κ2) is 7.59. The molecule has 0 spiro atoms. The number of methoxy groups -OCH3 is 1. The van der Waals surface area contributed by atoms with Gasteiger partial charge in [0, 0.05) is 17.7 Å². The summed E-state index contributed by atoms with van der Waals surface area (Å²) in [6.07, 6.45) is 1.30. The molecule has 7 heteroatoms.